The summed E-state index contributed by atoms with van der Waals surface area (Å²) in [5.41, 5.74) is 2.03. The number of aryl methyl sites for hydroxylation is 1. The van der Waals surface area contributed by atoms with Gasteiger partial charge in [0.05, 0.1) is 19.7 Å². The number of aromatic nitrogens is 1. The van der Waals surface area contributed by atoms with Gasteiger partial charge in [-0.2, -0.15) is 0 Å². The number of fused-ring (bicyclic) bond motifs is 1. The zero-order chi connectivity index (χ0) is 18.7. The highest BCUT2D eigenvalue weighted by molar-refractivity contribution is 5.79. The van der Waals surface area contributed by atoms with E-state index in [9.17, 15) is 9.18 Å². The molecule has 0 aliphatic carbocycles. The van der Waals surface area contributed by atoms with Crippen LogP contribution < -0.4 is 20.3 Å². The average molecular weight is 356 g/mol. The molecular formula is C20H21FN2O3. The molecule has 0 amide bonds. The van der Waals surface area contributed by atoms with Crippen molar-refractivity contribution >= 4 is 10.9 Å². The van der Waals surface area contributed by atoms with E-state index >= 15 is 0 Å². The molecule has 1 aromatic heterocycles. The third-order valence-electron chi connectivity index (χ3n) is 4.39. The summed E-state index contributed by atoms with van der Waals surface area (Å²) in [7, 11) is 4.87. The first kappa shape index (κ1) is 17.9. The quantitative estimate of drug-likeness (QED) is 0.738. The molecule has 1 heterocycles. The molecule has 6 heteroatoms. The normalized spacial score (nSPS) is 10.9. The lowest BCUT2D eigenvalue weighted by atomic mass is 10.1. The van der Waals surface area contributed by atoms with E-state index in [-0.39, 0.29) is 11.4 Å². The predicted octanol–water partition coefficient (Wildman–Crippen LogP) is 2.98. The monoisotopic (exact) mass is 356 g/mol. The Morgan fingerprint density at radius 1 is 1.00 bits per heavy atom. The summed E-state index contributed by atoms with van der Waals surface area (Å²) >= 11 is 0. The summed E-state index contributed by atoms with van der Waals surface area (Å²) in [4.78, 5) is 12.5. The lowest BCUT2D eigenvalue weighted by Gasteiger charge is -2.12. The van der Waals surface area contributed by atoms with Crippen LogP contribution in [0, 0.1) is 5.82 Å². The lowest BCUT2D eigenvalue weighted by Crippen LogP contribution is -2.25. The van der Waals surface area contributed by atoms with Crippen molar-refractivity contribution in [2.75, 3.05) is 14.2 Å². The summed E-state index contributed by atoms with van der Waals surface area (Å²) in [6, 6.07) is 11.9. The molecule has 0 unspecified atom stereocenters. The largest absolute Gasteiger partial charge is 0.497 e. The van der Waals surface area contributed by atoms with Crippen LogP contribution >= 0.6 is 0 Å². The summed E-state index contributed by atoms with van der Waals surface area (Å²) in [5, 5.41) is 4.09. The summed E-state index contributed by atoms with van der Waals surface area (Å²) in [5.74, 6) is 1.09. The fraction of sp³-hybridized carbons (Fsp3) is 0.250. The van der Waals surface area contributed by atoms with E-state index in [1.165, 1.54) is 16.7 Å². The highest BCUT2D eigenvalue weighted by Gasteiger charge is 2.09. The Hall–Kier alpha value is -2.86. The molecule has 3 aromatic rings. The summed E-state index contributed by atoms with van der Waals surface area (Å²) < 4.78 is 25.5. The van der Waals surface area contributed by atoms with Crippen LogP contribution in [0.4, 0.5) is 4.39 Å². The maximum absolute atomic E-state index is 13.4. The fourth-order valence-corrected chi connectivity index (χ4v) is 2.96. The Morgan fingerprint density at radius 3 is 2.50 bits per heavy atom. The first-order valence-corrected chi connectivity index (χ1v) is 8.23. The molecule has 0 aliphatic rings. The number of halogens is 1. The van der Waals surface area contributed by atoms with E-state index in [0.29, 0.717) is 24.2 Å². The lowest BCUT2D eigenvalue weighted by molar-refractivity contribution is 0.389. The Kier molecular flexibility index (Phi) is 5.23. The van der Waals surface area contributed by atoms with Gasteiger partial charge >= 0.3 is 0 Å². The number of rotatable bonds is 6. The molecule has 0 fully saturated rings. The smallest absolute Gasteiger partial charge is 0.255 e. The predicted molar refractivity (Wildman–Crippen MR) is 99.2 cm³/mol. The number of benzene rings is 2. The highest BCUT2D eigenvalue weighted by Crippen LogP contribution is 2.24. The van der Waals surface area contributed by atoms with Crippen molar-refractivity contribution in [3.63, 3.8) is 0 Å². The van der Waals surface area contributed by atoms with E-state index in [1.807, 2.05) is 18.2 Å². The fourth-order valence-electron chi connectivity index (χ4n) is 2.96. The standard InChI is InChI=1S/C20H21FN2O3/c1-23-18-9-16(21)6-4-13(18)8-15(20(23)24)12-22-11-14-5-7-17(25-2)10-19(14)26-3/h4-10,22H,11-12H2,1-3H3. The zero-order valence-corrected chi connectivity index (χ0v) is 15.0. The number of nitrogens with zero attached hydrogens (tertiary/aromatic N) is 1. The van der Waals surface area contributed by atoms with Gasteiger partial charge in [-0.3, -0.25) is 4.79 Å². The molecule has 1 N–H and O–H groups in total. The first-order chi connectivity index (χ1) is 12.5. The van der Waals surface area contributed by atoms with Crippen molar-refractivity contribution in [3.8, 4) is 11.5 Å². The van der Waals surface area contributed by atoms with Crippen molar-refractivity contribution in [2.24, 2.45) is 7.05 Å². The molecule has 0 saturated heterocycles. The Morgan fingerprint density at radius 2 is 1.77 bits per heavy atom. The van der Waals surface area contributed by atoms with Gasteiger partial charge in [0.15, 0.2) is 0 Å². The molecule has 136 valence electrons. The van der Waals surface area contributed by atoms with Crippen molar-refractivity contribution in [3.05, 3.63) is 69.8 Å². The van der Waals surface area contributed by atoms with Gasteiger partial charge < -0.3 is 19.4 Å². The summed E-state index contributed by atoms with van der Waals surface area (Å²) in [6.45, 7) is 0.937. The van der Waals surface area contributed by atoms with Gasteiger partial charge in [0, 0.05) is 37.3 Å². The second kappa shape index (κ2) is 7.58. The van der Waals surface area contributed by atoms with Crippen molar-refractivity contribution in [1.82, 2.24) is 9.88 Å². The van der Waals surface area contributed by atoms with Crippen LogP contribution in [0.2, 0.25) is 0 Å². The first-order valence-electron chi connectivity index (χ1n) is 8.23. The minimum Gasteiger partial charge on any atom is -0.497 e. The molecular weight excluding hydrogens is 335 g/mol. The summed E-state index contributed by atoms with van der Waals surface area (Å²) in [6.07, 6.45) is 0. The van der Waals surface area contributed by atoms with Gasteiger partial charge in [0.25, 0.3) is 5.56 Å². The minimum atomic E-state index is -0.357. The number of hydrogen-bond acceptors (Lipinski definition) is 4. The molecule has 3 rings (SSSR count). The number of methoxy groups -OCH3 is 2. The van der Waals surface area contributed by atoms with E-state index in [2.05, 4.69) is 5.32 Å². The Balaban J connectivity index is 1.79. The van der Waals surface area contributed by atoms with Crippen LogP contribution in [0.25, 0.3) is 10.9 Å². The molecule has 5 nitrogen and oxygen atoms in total. The van der Waals surface area contributed by atoms with E-state index < -0.39 is 0 Å². The third-order valence-corrected chi connectivity index (χ3v) is 4.39. The van der Waals surface area contributed by atoms with Gasteiger partial charge in [-0.05, 0) is 35.7 Å². The molecule has 0 atom stereocenters. The van der Waals surface area contributed by atoms with Crippen LogP contribution in [-0.4, -0.2) is 18.8 Å². The van der Waals surface area contributed by atoms with Gasteiger partial charge in [0.1, 0.15) is 17.3 Å². The maximum atomic E-state index is 13.4. The number of nitrogens with one attached hydrogen (secondary N) is 1. The van der Waals surface area contributed by atoms with Gasteiger partial charge in [0.2, 0.25) is 0 Å². The Bertz CT molecular complexity index is 998. The van der Waals surface area contributed by atoms with E-state index in [1.54, 1.807) is 33.4 Å². The SMILES string of the molecule is COc1ccc(CNCc2cc3ccc(F)cc3n(C)c2=O)c(OC)c1. The van der Waals surface area contributed by atoms with Gasteiger partial charge in [-0.1, -0.05) is 6.07 Å². The van der Waals surface area contributed by atoms with Crippen LogP contribution in [0.5, 0.6) is 11.5 Å². The van der Waals surface area contributed by atoms with Gasteiger partial charge in [-0.25, -0.2) is 4.39 Å². The van der Waals surface area contributed by atoms with Crippen LogP contribution in [0.15, 0.2) is 47.3 Å². The van der Waals surface area contributed by atoms with Gasteiger partial charge in [-0.15, -0.1) is 0 Å². The van der Waals surface area contributed by atoms with Crippen molar-refractivity contribution < 1.29 is 13.9 Å². The average Bonchev–Trinajstić information content (AvgIpc) is 2.66. The molecule has 0 radical (unpaired) electrons. The Labute approximate surface area is 151 Å². The molecule has 26 heavy (non-hydrogen) atoms. The molecule has 0 bridgehead atoms. The number of pyridine rings is 1. The molecule has 2 aromatic carbocycles. The van der Waals surface area contributed by atoms with Crippen LogP contribution in [-0.2, 0) is 20.1 Å². The minimum absolute atomic E-state index is 0.141. The number of ether oxygens (including phenoxy) is 2. The van der Waals surface area contributed by atoms with Crippen molar-refractivity contribution in [2.45, 2.75) is 13.1 Å². The number of hydrogen-bond donors (Lipinski definition) is 1. The molecule has 0 spiro atoms. The topological polar surface area (TPSA) is 52.5 Å². The molecule has 0 saturated carbocycles. The molecule has 0 aliphatic heterocycles. The van der Waals surface area contributed by atoms with Crippen LogP contribution in [0.3, 0.4) is 0 Å². The van der Waals surface area contributed by atoms with Crippen LogP contribution in [0.1, 0.15) is 11.1 Å². The van der Waals surface area contributed by atoms with E-state index in [4.69, 9.17) is 9.47 Å². The second-order valence-corrected chi connectivity index (χ2v) is 6.02. The third kappa shape index (κ3) is 3.55. The van der Waals surface area contributed by atoms with E-state index in [0.717, 1.165) is 22.4 Å². The zero-order valence-electron chi connectivity index (χ0n) is 15.0. The van der Waals surface area contributed by atoms with Crippen molar-refractivity contribution in [1.29, 1.82) is 0 Å². The highest BCUT2D eigenvalue weighted by atomic mass is 19.1. The maximum Gasteiger partial charge on any atom is 0.255 e. The second-order valence-electron chi connectivity index (χ2n) is 6.02.